The van der Waals surface area contributed by atoms with Crippen LogP contribution in [-0.4, -0.2) is 98.8 Å². The molecule has 0 radical (unpaired) electrons. The molecule has 0 fully saturated rings. The molecular formula is C51H72N4O11S3. The molecule has 2 atom stereocenters. The molecule has 2 aromatic carbocycles. The molecule has 18 heteroatoms. The van der Waals surface area contributed by atoms with Crippen molar-refractivity contribution in [3.63, 3.8) is 0 Å². The van der Waals surface area contributed by atoms with Gasteiger partial charge in [-0.05, 0) is 133 Å². The highest BCUT2D eigenvalue weighted by Gasteiger charge is 2.45. The molecule has 2 aromatic rings. The first-order valence-corrected chi connectivity index (χ1v) is 28.6. The van der Waals surface area contributed by atoms with Gasteiger partial charge in [-0.3, -0.25) is 13.9 Å². The Hall–Kier alpha value is -4.43. The number of aliphatic carboxylic acids is 1. The third-order valence-electron chi connectivity index (χ3n) is 13.6. The molecule has 5 rings (SSSR count). The molecular weight excluding hydrogens is 941 g/mol. The first-order valence-electron chi connectivity index (χ1n) is 24.2. The van der Waals surface area contributed by atoms with Gasteiger partial charge in [0.25, 0.3) is 20.2 Å². The number of fused-ring (bicyclic) bond motifs is 5. The SMILES string of the molecule is C=C1CCCCC[N+]2=C(/C=C/C=C/C=C/C=C3\N(CCCS(=O)(=O)O)c4ccc(S(=O)(=O)O)cc4C3(C)CCCCCCNCC(CCCCCC(=O)O)CN1)C(C)(C)c1cc(S(=O)(=O)[O-])ccc12. The van der Waals surface area contributed by atoms with E-state index >= 15 is 0 Å². The zero-order chi connectivity index (χ0) is 50.5. The van der Waals surface area contributed by atoms with Crippen LogP contribution in [0.2, 0.25) is 0 Å². The summed E-state index contributed by atoms with van der Waals surface area (Å²) in [5.74, 6) is -0.916. The smallest absolute Gasteiger partial charge is 0.303 e. The number of hydrogen-bond donors (Lipinski definition) is 5. The Balaban J connectivity index is 1.46. The summed E-state index contributed by atoms with van der Waals surface area (Å²) >= 11 is 0. The minimum absolute atomic E-state index is 0.105. The lowest BCUT2D eigenvalue weighted by atomic mass is 9.77. The van der Waals surface area contributed by atoms with Gasteiger partial charge in [0, 0.05) is 66.1 Å². The zero-order valence-corrected chi connectivity index (χ0v) is 42.8. The van der Waals surface area contributed by atoms with E-state index < -0.39 is 52.9 Å². The Labute approximate surface area is 410 Å². The third-order valence-corrected chi connectivity index (χ3v) is 16.1. The number of hydrogen-bond acceptors (Lipinski definition) is 11. The second-order valence-electron chi connectivity index (χ2n) is 19.3. The molecule has 0 saturated heterocycles. The minimum Gasteiger partial charge on any atom is -0.744 e. The molecule has 15 nitrogen and oxygen atoms in total. The second-order valence-corrected chi connectivity index (χ2v) is 23.6. The van der Waals surface area contributed by atoms with Crippen LogP contribution < -0.4 is 15.5 Å². The maximum atomic E-state index is 12.4. The van der Waals surface area contributed by atoms with Crippen molar-refractivity contribution in [3.8, 4) is 0 Å². The predicted octanol–water partition coefficient (Wildman–Crippen LogP) is 8.69. The van der Waals surface area contributed by atoms with Gasteiger partial charge >= 0.3 is 5.97 Å². The van der Waals surface area contributed by atoms with Gasteiger partial charge in [-0.25, -0.2) is 8.42 Å². The fourth-order valence-electron chi connectivity index (χ4n) is 9.85. The Morgan fingerprint density at radius 1 is 0.826 bits per heavy atom. The molecule has 0 saturated carbocycles. The van der Waals surface area contributed by atoms with E-state index in [9.17, 15) is 43.7 Å². The quantitative estimate of drug-likeness (QED) is 0.0761. The fourth-order valence-corrected chi connectivity index (χ4v) is 11.3. The molecule has 0 aromatic heterocycles. The van der Waals surface area contributed by atoms with Crippen LogP contribution in [0.3, 0.4) is 0 Å². The van der Waals surface area contributed by atoms with E-state index in [-0.39, 0.29) is 29.2 Å². The number of carboxylic acid groups (broad SMARTS) is 1. The number of benzene rings is 2. The molecule has 0 bridgehead atoms. The van der Waals surface area contributed by atoms with Crippen molar-refractivity contribution in [1.82, 2.24) is 10.6 Å². The molecule has 380 valence electrons. The number of unbranched alkanes of at least 4 members (excludes halogenated alkanes) is 2. The van der Waals surface area contributed by atoms with Crippen LogP contribution in [-0.2, 0) is 46.0 Å². The largest absolute Gasteiger partial charge is 0.744 e. The summed E-state index contributed by atoms with van der Waals surface area (Å²) in [6.45, 7) is 13.6. The van der Waals surface area contributed by atoms with Crippen molar-refractivity contribution in [2.24, 2.45) is 5.92 Å². The summed E-state index contributed by atoms with van der Waals surface area (Å²) in [6.07, 6.45) is 24.7. The van der Waals surface area contributed by atoms with E-state index in [0.29, 0.717) is 36.6 Å². The molecule has 3 heterocycles. The van der Waals surface area contributed by atoms with E-state index in [2.05, 4.69) is 21.8 Å². The number of carboxylic acids is 1. The number of anilines is 1. The predicted molar refractivity (Wildman–Crippen MR) is 270 cm³/mol. The average molecular weight is 1010 g/mol. The third kappa shape index (κ3) is 15.8. The summed E-state index contributed by atoms with van der Waals surface area (Å²) in [7, 11) is -13.5. The lowest BCUT2D eigenvalue weighted by molar-refractivity contribution is -0.438. The van der Waals surface area contributed by atoms with Crippen LogP contribution in [0.4, 0.5) is 11.4 Å². The lowest BCUT2D eigenvalue weighted by Crippen LogP contribution is -2.31. The summed E-state index contributed by atoms with van der Waals surface area (Å²) in [6, 6.07) is 9.04. The van der Waals surface area contributed by atoms with Crippen molar-refractivity contribution in [1.29, 1.82) is 0 Å². The topological polar surface area (TPSA) is 234 Å². The molecule has 2 unspecified atom stereocenters. The van der Waals surface area contributed by atoms with E-state index in [4.69, 9.17) is 5.11 Å². The number of nitrogens with one attached hydrogen (secondary N) is 2. The van der Waals surface area contributed by atoms with Crippen LogP contribution in [0, 0.1) is 5.92 Å². The van der Waals surface area contributed by atoms with Gasteiger partial charge in [-0.2, -0.15) is 21.4 Å². The summed E-state index contributed by atoms with van der Waals surface area (Å²) in [5, 5.41) is 16.3. The van der Waals surface area contributed by atoms with E-state index in [1.807, 2.05) is 68.2 Å². The van der Waals surface area contributed by atoms with Crippen LogP contribution in [0.15, 0.2) is 107 Å². The number of carbonyl (C=O) groups is 1. The van der Waals surface area contributed by atoms with E-state index in [0.717, 1.165) is 119 Å². The first-order chi connectivity index (χ1) is 32.5. The summed E-state index contributed by atoms with van der Waals surface area (Å²) < 4.78 is 107. The van der Waals surface area contributed by atoms with Crippen LogP contribution in [0.5, 0.6) is 0 Å². The number of rotatable bonds is 12. The highest BCUT2D eigenvalue weighted by atomic mass is 32.2. The van der Waals surface area contributed by atoms with Gasteiger partial charge in [0.05, 0.1) is 21.0 Å². The fraction of sp³-hybridized carbons (Fsp3) is 0.529. The lowest BCUT2D eigenvalue weighted by Gasteiger charge is -2.30. The Kier molecular flexibility index (Phi) is 19.8. The Morgan fingerprint density at radius 2 is 1.52 bits per heavy atom. The average Bonchev–Trinajstić information content (AvgIpc) is 3.62. The monoisotopic (exact) mass is 1010 g/mol. The molecule has 0 amide bonds. The molecule has 0 spiro atoms. The highest BCUT2D eigenvalue weighted by Crippen LogP contribution is 2.51. The van der Waals surface area contributed by atoms with Crippen LogP contribution >= 0.6 is 0 Å². The summed E-state index contributed by atoms with van der Waals surface area (Å²) in [5.41, 5.74) is 4.35. The molecule has 0 aliphatic carbocycles. The van der Waals surface area contributed by atoms with Crippen LogP contribution in [0.1, 0.15) is 128 Å². The van der Waals surface area contributed by atoms with Crippen molar-refractivity contribution < 1.29 is 53.4 Å². The van der Waals surface area contributed by atoms with Crippen molar-refractivity contribution in [2.75, 3.05) is 43.4 Å². The molecule has 3 aliphatic heterocycles. The number of allylic oxidation sites excluding steroid dienone is 9. The molecule has 69 heavy (non-hydrogen) atoms. The molecule has 5 N–H and O–H groups in total. The first kappa shape index (κ1) is 55.5. The highest BCUT2D eigenvalue weighted by molar-refractivity contribution is 7.86. The van der Waals surface area contributed by atoms with Gasteiger partial charge in [0.2, 0.25) is 5.69 Å². The second kappa shape index (κ2) is 24.6. The van der Waals surface area contributed by atoms with Gasteiger partial charge in [-0.1, -0.05) is 69.1 Å². The maximum absolute atomic E-state index is 12.4. The van der Waals surface area contributed by atoms with Gasteiger partial charge in [0.15, 0.2) is 5.71 Å². The summed E-state index contributed by atoms with van der Waals surface area (Å²) in [4.78, 5) is 12.5. The van der Waals surface area contributed by atoms with Gasteiger partial charge in [-0.15, -0.1) is 0 Å². The standard InChI is InChI=1S/C51H72N4O11S3/c1-39-21-12-11-19-32-54-45-28-26-41(68(61,62)63)35-43(45)50(2,3)47(54)23-14-6-5-7-15-24-48-51(4,30-17-8-9-18-31-52-37-40(38-53-39)22-13-10-16-25-49(56)57)44-36-42(69(64,65)66)27-29-46(44)55(48)33-20-34-67(58,59)60/h5-7,14-15,23-24,26-29,35-36,40,52-53H,1,8-13,16-22,25,30-34,37-38H2,2-4H3,(H3-,56,57,58,59,60,61,62,63,64,65,66). The van der Waals surface area contributed by atoms with E-state index in [1.54, 1.807) is 12.1 Å². The molecule has 3 aliphatic rings. The van der Waals surface area contributed by atoms with Crippen molar-refractivity contribution in [2.45, 2.75) is 138 Å². The van der Waals surface area contributed by atoms with E-state index in [1.165, 1.54) is 24.3 Å². The van der Waals surface area contributed by atoms with Crippen molar-refractivity contribution >= 4 is 53.4 Å². The Morgan fingerprint density at radius 3 is 2.25 bits per heavy atom. The Bertz CT molecular complexity index is 2650. The number of nitrogens with zero attached hydrogens (tertiary/aromatic N) is 2. The zero-order valence-electron chi connectivity index (χ0n) is 40.4. The van der Waals surface area contributed by atoms with Crippen LogP contribution in [0.25, 0.3) is 0 Å². The van der Waals surface area contributed by atoms with Gasteiger partial charge in [0.1, 0.15) is 16.7 Å². The minimum atomic E-state index is -4.68. The van der Waals surface area contributed by atoms with Crippen molar-refractivity contribution in [3.05, 3.63) is 108 Å². The normalized spacial score (nSPS) is 23.7. The van der Waals surface area contributed by atoms with Gasteiger partial charge < -0.3 is 25.2 Å². The maximum Gasteiger partial charge on any atom is 0.303 e.